The molecule has 0 bridgehead atoms. The Bertz CT molecular complexity index is 1190. The van der Waals surface area contributed by atoms with Gasteiger partial charge in [-0.15, -0.1) is 0 Å². The number of halogens is 2. The maximum Gasteiger partial charge on any atom is 0.410 e. The van der Waals surface area contributed by atoms with Crippen molar-refractivity contribution >= 4 is 29.5 Å². The molecule has 4 heterocycles. The van der Waals surface area contributed by atoms with Crippen LogP contribution in [0.3, 0.4) is 0 Å². The second kappa shape index (κ2) is 10.4. The first-order chi connectivity index (χ1) is 18.4. The minimum Gasteiger partial charge on any atom is -0.444 e. The number of hydrogen-bond donors (Lipinski definition) is 1. The number of ether oxygens (including phenoxy) is 1. The van der Waals surface area contributed by atoms with Crippen molar-refractivity contribution in [3.05, 3.63) is 28.8 Å². The molecule has 4 aliphatic rings. The SMILES string of the molecule is CC(C)(C)OC(=O)N1CCC(N2CCN(c3c(F)cc4c(c3F)CN(C3CCC(=O)NC3=O)C4=O)CC2)CC1. The van der Waals surface area contributed by atoms with Crippen molar-refractivity contribution in [2.24, 2.45) is 0 Å². The Morgan fingerprint density at radius 2 is 1.67 bits per heavy atom. The monoisotopic (exact) mass is 547 g/mol. The van der Waals surface area contributed by atoms with E-state index in [1.807, 2.05) is 20.8 Å². The van der Waals surface area contributed by atoms with Gasteiger partial charge in [-0.05, 0) is 46.1 Å². The van der Waals surface area contributed by atoms with Crippen LogP contribution >= 0.6 is 0 Å². The van der Waals surface area contributed by atoms with E-state index in [1.54, 1.807) is 9.80 Å². The highest BCUT2D eigenvalue weighted by Crippen LogP contribution is 2.36. The summed E-state index contributed by atoms with van der Waals surface area (Å²) in [5, 5.41) is 2.21. The summed E-state index contributed by atoms with van der Waals surface area (Å²) in [4.78, 5) is 56.0. The molecular weight excluding hydrogens is 512 g/mol. The number of anilines is 1. The summed E-state index contributed by atoms with van der Waals surface area (Å²) in [6.07, 6.45) is 1.55. The molecule has 1 unspecified atom stereocenters. The molecule has 212 valence electrons. The number of carbonyl (C=O) groups is 4. The topological polar surface area (TPSA) is 102 Å². The summed E-state index contributed by atoms with van der Waals surface area (Å²) < 4.78 is 36.4. The van der Waals surface area contributed by atoms with Crippen LogP contribution in [-0.2, 0) is 20.9 Å². The van der Waals surface area contributed by atoms with Crippen molar-refractivity contribution in [3.63, 3.8) is 0 Å². The second-order valence-corrected chi connectivity index (χ2v) is 11.7. The number of imide groups is 1. The standard InChI is InChI=1S/C27H35F2N5O5/c1-27(2,3)39-26(38)33-8-6-16(7-9-33)31-10-12-32(13-11-31)23-19(28)14-17-18(22(23)29)15-34(25(17)37)20-4-5-21(35)30-24(20)36/h14,16,20H,4-13,15H2,1-3H3,(H,30,35,36). The van der Waals surface area contributed by atoms with Gasteiger partial charge in [0.25, 0.3) is 5.91 Å². The molecule has 12 heteroatoms. The summed E-state index contributed by atoms with van der Waals surface area (Å²) in [6, 6.07) is 0.458. The van der Waals surface area contributed by atoms with Crippen LogP contribution in [0.25, 0.3) is 0 Å². The van der Waals surface area contributed by atoms with Crippen LogP contribution in [0.1, 0.15) is 62.4 Å². The van der Waals surface area contributed by atoms with Gasteiger partial charge in [0.05, 0.1) is 12.1 Å². The van der Waals surface area contributed by atoms with E-state index >= 15 is 8.78 Å². The highest BCUT2D eigenvalue weighted by molar-refractivity contribution is 6.05. The Kier molecular flexibility index (Phi) is 7.25. The van der Waals surface area contributed by atoms with Gasteiger partial charge in [-0.3, -0.25) is 24.6 Å². The number of nitrogens with one attached hydrogen (secondary N) is 1. The van der Waals surface area contributed by atoms with Gasteiger partial charge in [-0.1, -0.05) is 0 Å². The Morgan fingerprint density at radius 1 is 1.00 bits per heavy atom. The molecule has 10 nitrogen and oxygen atoms in total. The normalized spacial score (nSPS) is 23.3. The Labute approximate surface area is 226 Å². The quantitative estimate of drug-likeness (QED) is 0.579. The molecule has 5 rings (SSSR count). The van der Waals surface area contributed by atoms with Crippen LogP contribution in [0, 0.1) is 11.6 Å². The van der Waals surface area contributed by atoms with E-state index in [4.69, 9.17) is 4.74 Å². The van der Waals surface area contributed by atoms with E-state index in [-0.39, 0.29) is 48.3 Å². The predicted molar refractivity (Wildman–Crippen MR) is 137 cm³/mol. The van der Waals surface area contributed by atoms with E-state index in [1.165, 1.54) is 4.90 Å². The van der Waals surface area contributed by atoms with Crippen LogP contribution < -0.4 is 10.2 Å². The number of rotatable bonds is 3. The van der Waals surface area contributed by atoms with Crippen LogP contribution in [0.5, 0.6) is 0 Å². The minimum absolute atomic E-state index is 0.0752. The number of piperazine rings is 1. The molecule has 3 saturated heterocycles. The van der Waals surface area contributed by atoms with Gasteiger partial charge in [0.1, 0.15) is 23.1 Å². The lowest BCUT2D eigenvalue weighted by Gasteiger charge is -2.43. The highest BCUT2D eigenvalue weighted by Gasteiger charge is 2.42. The molecule has 4 amide bonds. The zero-order valence-corrected chi connectivity index (χ0v) is 22.6. The third kappa shape index (κ3) is 5.43. The van der Waals surface area contributed by atoms with Crippen molar-refractivity contribution < 1.29 is 32.7 Å². The molecule has 1 aromatic carbocycles. The number of benzene rings is 1. The lowest BCUT2D eigenvalue weighted by atomic mass is 10.0. The molecule has 0 radical (unpaired) electrons. The first-order valence-electron chi connectivity index (χ1n) is 13.6. The zero-order valence-electron chi connectivity index (χ0n) is 22.6. The van der Waals surface area contributed by atoms with Crippen LogP contribution in [0.4, 0.5) is 19.3 Å². The van der Waals surface area contributed by atoms with Crippen molar-refractivity contribution in [1.29, 1.82) is 0 Å². The van der Waals surface area contributed by atoms with Crippen molar-refractivity contribution in [1.82, 2.24) is 20.0 Å². The maximum absolute atomic E-state index is 15.7. The van der Waals surface area contributed by atoms with Crippen molar-refractivity contribution in [2.45, 2.75) is 70.7 Å². The van der Waals surface area contributed by atoms with Crippen LogP contribution in [0.15, 0.2) is 6.07 Å². The highest BCUT2D eigenvalue weighted by atomic mass is 19.1. The summed E-state index contributed by atoms with van der Waals surface area (Å²) in [5.74, 6) is -3.18. The minimum atomic E-state index is -0.890. The zero-order chi connectivity index (χ0) is 28.1. The number of nitrogens with zero attached hydrogens (tertiary/aromatic N) is 4. The number of likely N-dealkylation sites (tertiary alicyclic amines) is 1. The van der Waals surface area contributed by atoms with E-state index in [9.17, 15) is 19.2 Å². The smallest absolute Gasteiger partial charge is 0.410 e. The van der Waals surface area contributed by atoms with Gasteiger partial charge in [-0.2, -0.15) is 0 Å². The predicted octanol–water partition coefficient (Wildman–Crippen LogP) is 2.25. The molecule has 3 fully saturated rings. The first kappa shape index (κ1) is 27.3. The van der Waals surface area contributed by atoms with Gasteiger partial charge >= 0.3 is 6.09 Å². The largest absolute Gasteiger partial charge is 0.444 e. The number of amides is 4. The number of carbonyl (C=O) groups excluding carboxylic acids is 4. The lowest BCUT2D eigenvalue weighted by molar-refractivity contribution is -0.136. The molecule has 1 atom stereocenters. The van der Waals surface area contributed by atoms with E-state index in [0.717, 1.165) is 18.9 Å². The Morgan fingerprint density at radius 3 is 2.28 bits per heavy atom. The average molecular weight is 548 g/mol. The maximum atomic E-state index is 15.7. The van der Waals surface area contributed by atoms with Gasteiger partial charge in [0.15, 0.2) is 5.82 Å². The fourth-order valence-corrected chi connectivity index (χ4v) is 5.96. The fourth-order valence-electron chi connectivity index (χ4n) is 5.96. The van der Waals surface area contributed by atoms with Gasteiger partial charge in [0.2, 0.25) is 11.8 Å². The van der Waals surface area contributed by atoms with Crippen LogP contribution in [-0.4, -0.2) is 95.5 Å². The molecule has 0 aliphatic carbocycles. The average Bonchev–Trinajstić information content (AvgIpc) is 3.20. The molecule has 0 saturated carbocycles. The Balaban J connectivity index is 1.21. The van der Waals surface area contributed by atoms with E-state index in [2.05, 4.69) is 10.2 Å². The Hall–Kier alpha value is -3.28. The molecule has 0 spiro atoms. The van der Waals surface area contributed by atoms with Gasteiger partial charge in [-0.25, -0.2) is 13.6 Å². The third-order valence-corrected chi connectivity index (χ3v) is 7.96. The summed E-state index contributed by atoms with van der Waals surface area (Å²) in [5.41, 5.74) is -0.680. The van der Waals surface area contributed by atoms with E-state index in [0.29, 0.717) is 39.3 Å². The molecule has 4 aliphatic heterocycles. The third-order valence-electron chi connectivity index (χ3n) is 7.96. The van der Waals surface area contributed by atoms with Crippen molar-refractivity contribution in [2.75, 3.05) is 44.2 Å². The van der Waals surface area contributed by atoms with Crippen LogP contribution in [0.2, 0.25) is 0 Å². The lowest BCUT2D eigenvalue weighted by Crippen LogP contribution is -2.54. The van der Waals surface area contributed by atoms with Crippen molar-refractivity contribution in [3.8, 4) is 0 Å². The molecule has 1 aromatic rings. The van der Waals surface area contributed by atoms with Gasteiger partial charge < -0.3 is 19.4 Å². The summed E-state index contributed by atoms with van der Waals surface area (Å²) in [6.45, 7) is 8.67. The number of fused-ring (bicyclic) bond motifs is 1. The van der Waals surface area contributed by atoms with E-state index < -0.39 is 41.0 Å². The molecule has 39 heavy (non-hydrogen) atoms. The summed E-state index contributed by atoms with van der Waals surface area (Å²) in [7, 11) is 0. The first-order valence-corrected chi connectivity index (χ1v) is 13.6. The number of hydrogen-bond acceptors (Lipinski definition) is 7. The van der Waals surface area contributed by atoms with Gasteiger partial charge in [0, 0.05) is 57.3 Å². The molecular formula is C27H35F2N5O5. The fraction of sp³-hybridized carbons (Fsp3) is 0.630. The number of piperidine rings is 2. The summed E-state index contributed by atoms with van der Waals surface area (Å²) >= 11 is 0. The molecule has 1 N–H and O–H groups in total. The second-order valence-electron chi connectivity index (χ2n) is 11.7. The molecule has 0 aromatic heterocycles.